The molecule has 1 aliphatic heterocycles. The van der Waals surface area contributed by atoms with E-state index in [0.29, 0.717) is 12.2 Å². The van der Waals surface area contributed by atoms with Crippen molar-refractivity contribution in [3.05, 3.63) is 41.7 Å². The number of carbonyl (C=O) groups excluding carboxylic acids is 2. The molecule has 1 amide bonds. The number of ether oxygens (including phenoxy) is 1. The first-order chi connectivity index (χ1) is 11.6. The van der Waals surface area contributed by atoms with Crippen molar-refractivity contribution < 1.29 is 14.3 Å². The molecular formula is C18H17N3O3. The zero-order valence-corrected chi connectivity index (χ0v) is 13.6. The highest BCUT2D eigenvalue weighted by atomic mass is 16.5. The zero-order chi connectivity index (χ0) is 16.8. The lowest BCUT2D eigenvalue weighted by Gasteiger charge is -2.24. The fraction of sp³-hybridized carbons (Fsp3) is 0.278. The third-order valence-electron chi connectivity index (χ3n) is 4.66. The second-order valence-electron chi connectivity index (χ2n) is 6.00. The molecule has 6 nitrogen and oxygen atoms in total. The third-order valence-corrected chi connectivity index (χ3v) is 4.66. The Balaban J connectivity index is 2.12. The van der Waals surface area contributed by atoms with Crippen molar-refractivity contribution in [3.8, 4) is 0 Å². The molecule has 3 aromatic rings. The van der Waals surface area contributed by atoms with E-state index in [0.717, 1.165) is 33.8 Å². The number of methoxy groups -OCH3 is 1. The summed E-state index contributed by atoms with van der Waals surface area (Å²) >= 11 is 0. The number of hydrogen-bond acceptors (Lipinski definition) is 4. The minimum Gasteiger partial charge on any atom is -0.468 e. The van der Waals surface area contributed by atoms with E-state index in [2.05, 4.69) is 4.98 Å². The maximum atomic E-state index is 12.7. The van der Waals surface area contributed by atoms with Gasteiger partial charge in [0.2, 0.25) is 0 Å². The molecule has 2 aromatic heterocycles. The monoisotopic (exact) mass is 323 g/mol. The lowest BCUT2D eigenvalue weighted by atomic mass is 10.0. The highest BCUT2D eigenvalue weighted by molar-refractivity contribution is 6.11. The summed E-state index contributed by atoms with van der Waals surface area (Å²) in [5.74, 6) is -0.455. The van der Waals surface area contributed by atoms with Gasteiger partial charge in [-0.25, -0.2) is 0 Å². The van der Waals surface area contributed by atoms with E-state index in [9.17, 15) is 9.59 Å². The Morgan fingerprint density at radius 1 is 1.33 bits per heavy atom. The van der Waals surface area contributed by atoms with Crippen LogP contribution in [0.15, 0.2) is 30.5 Å². The van der Waals surface area contributed by atoms with Crippen LogP contribution in [0.4, 0.5) is 0 Å². The summed E-state index contributed by atoms with van der Waals surface area (Å²) in [6.45, 7) is 0.668. The maximum absolute atomic E-state index is 12.7. The van der Waals surface area contributed by atoms with Crippen LogP contribution in [0.1, 0.15) is 16.1 Å². The van der Waals surface area contributed by atoms with E-state index in [1.54, 1.807) is 22.7 Å². The fourth-order valence-electron chi connectivity index (χ4n) is 3.46. The summed E-state index contributed by atoms with van der Waals surface area (Å²) in [4.78, 5) is 30.9. The first-order valence-corrected chi connectivity index (χ1v) is 7.83. The van der Waals surface area contributed by atoms with Gasteiger partial charge in [-0.15, -0.1) is 0 Å². The normalized spacial score (nSPS) is 14.2. The van der Waals surface area contributed by atoms with Crippen molar-refractivity contribution in [1.29, 1.82) is 0 Å². The first-order valence-electron chi connectivity index (χ1n) is 7.83. The molecule has 0 spiro atoms. The highest BCUT2D eigenvalue weighted by Crippen LogP contribution is 2.34. The number of rotatable bonds is 2. The van der Waals surface area contributed by atoms with Crippen LogP contribution < -0.4 is 0 Å². The minimum absolute atomic E-state index is 0.00238. The Kier molecular flexibility index (Phi) is 3.26. The summed E-state index contributed by atoms with van der Waals surface area (Å²) in [7, 11) is 3.13. The van der Waals surface area contributed by atoms with Gasteiger partial charge in [0.25, 0.3) is 5.91 Å². The molecule has 0 bridgehead atoms. The van der Waals surface area contributed by atoms with Crippen LogP contribution >= 0.6 is 0 Å². The van der Waals surface area contributed by atoms with Crippen molar-refractivity contribution in [2.24, 2.45) is 0 Å². The third kappa shape index (κ3) is 1.99. The molecule has 4 rings (SSSR count). The number of amides is 1. The summed E-state index contributed by atoms with van der Waals surface area (Å²) in [6, 6.07) is 7.88. The predicted molar refractivity (Wildman–Crippen MR) is 89.9 cm³/mol. The van der Waals surface area contributed by atoms with E-state index >= 15 is 0 Å². The van der Waals surface area contributed by atoms with Crippen molar-refractivity contribution >= 4 is 33.7 Å². The van der Waals surface area contributed by atoms with Crippen LogP contribution in [-0.2, 0) is 22.5 Å². The summed E-state index contributed by atoms with van der Waals surface area (Å²) in [6.07, 6.45) is 2.49. The van der Waals surface area contributed by atoms with Crippen molar-refractivity contribution in [2.45, 2.75) is 13.0 Å². The van der Waals surface area contributed by atoms with Crippen LogP contribution in [0, 0.1) is 0 Å². The van der Waals surface area contributed by atoms with Crippen molar-refractivity contribution in [3.63, 3.8) is 0 Å². The van der Waals surface area contributed by atoms with Gasteiger partial charge in [-0.3, -0.25) is 14.6 Å². The van der Waals surface area contributed by atoms with E-state index in [1.807, 2.05) is 24.3 Å². The Labute approximate surface area is 138 Å². The zero-order valence-electron chi connectivity index (χ0n) is 13.6. The Bertz CT molecular complexity index is 990. The van der Waals surface area contributed by atoms with E-state index in [-0.39, 0.29) is 18.4 Å². The van der Waals surface area contributed by atoms with Gasteiger partial charge >= 0.3 is 5.97 Å². The molecule has 0 saturated heterocycles. The Morgan fingerprint density at radius 2 is 2.17 bits per heavy atom. The lowest BCUT2D eigenvalue weighted by Crippen LogP contribution is -2.36. The second-order valence-corrected chi connectivity index (χ2v) is 6.00. The van der Waals surface area contributed by atoms with Crippen LogP contribution in [0.5, 0.6) is 0 Å². The van der Waals surface area contributed by atoms with E-state index in [4.69, 9.17) is 4.74 Å². The number of esters is 1. The van der Waals surface area contributed by atoms with Crippen LogP contribution in [0.3, 0.4) is 0 Å². The van der Waals surface area contributed by atoms with Crippen LogP contribution in [0.25, 0.3) is 21.8 Å². The number of pyridine rings is 1. The Morgan fingerprint density at radius 3 is 2.96 bits per heavy atom. The molecule has 3 heterocycles. The van der Waals surface area contributed by atoms with Crippen LogP contribution in [-0.4, -0.2) is 47.0 Å². The average Bonchev–Trinajstić information content (AvgIpc) is 2.92. The van der Waals surface area contributed by atoms with Gasteiger partial charge in [0, 0.05) is 30.6 Å². The summed E-state index contributed by atoms with van der Waals surface area (Å²) in [5.41, 5.74) is 3.18. The predicted octanol–water partition coefficient (Wildman–Crippen LogP) is 1.99. The minimum atomic E-state index is -0.385. The number of benzene rings is 1. The smallest absolute Gasteiger partial charge is 0.325 e. The molecule has 6 heteroatoms. The molecule has 0 N–H and O–H groups in total. The average molecular weight is 323 g/mol. The van der Waals surface area contributed by atoms with Gasteiger partial charge in [-0.05, 0) is 18.1 Å². The molecule has 0 radical (unpaired) electrons. The van der Waals surface area contributed by atoms with Gasteiger partial charge in [0.1, 0.15) is 12.2 Å². The second kappa shape index (κ2) is 5.33. The molecule has 122 valence electrons. The van der Waals surface area contributed by atoms with Crippen molar-refractivity contribution in [2.75, 3.05) is 20.7 Å². The van der Waals surface area contributed by atoms with Crippen LogP contribution in [0.2, 0.25) is 0 Å². The molecule has 1 aromatic carbocycles. The quantitative estimate of drug-likeness (QED) is 0.677. The first kappa shape index (κ1) is 14.7. The molecule has 0 unspecified atom stereocenters. The van der Waals surface area contributed by atoms with Gasteiger partial charge in [-0.2, -0.15) is 0 Å². The largest absolute Gasteiger partial charge is 0.468 e. The summed E-state index contributed by atoms with van der Waals surface area (Å²) in [5, 5.41) is 1.97. The molecule has 0 atom stereocenters. The number of carbonyl (C=O) groups is 2. The molecular weight excluding hydrogens is 306 g/mol. The van der Waals surface area contributed by atoms with Gasteiger partial charge in [-0.1, -0.05) is 18.2 Å². The summed E-state index contributed by atoms with van der Waals surface area (Å²) < 4.78 is 6.60. The highest BCUT2D eigenvalue weighted by Gasteiger charge is 2.30. The van der Waals surface area contributed by atoms with E-state index < -0.39 is 0 Å². The number of aromatic nitrogens is 2. The number of fused-ring (bicyclic) bond motifs is 5. The number of likely N-dealkylation sites (N-methyl/N-ethyl adjacent to an activating group) is 1. The van der Waals surface area contributed by atoms with Gasteiger partial charge in [0.05, 0.1) is 18.1 Å². The number of hydrogen-bond donors (Lipinski definition) is 0. The molecule has 1 aliphatic rings. The van der Waals surface area contributed by atoms with Gasteiger partial charge in [0.15, 0.2) is 0 Å². The topological polar surface area (TPSA) is 64.4 Å². The van der Waals surface area contributed by atoms with Gasteiger partial charge < -0.3 is 14.2 Å². The molecule has 0 aliphatic carbocycles. The standard InChI is InChI=1S/C18H17N3O3/c1-20-9-7-13-12-6-5-11-4-3-8-19-15(11)16(12)21(10-14(22)24-2)17(13)18(20)23/h3-6,8H,7,9-10H2,1-2H3. The fourth-order valence-corrected chi connectivity index (χ4v) is 3.46. The maximum Gasteiger partial charge on any atom is 0.325 e. The SMILES string of the molecule is COC(=O)Cn1c2c(c3ccc4cccnc4c31)CCN(C)C2=O. The van der Waals surface area contributed by atoms with Crippen molar-refractivity contribution in [1.82, 2.24) is 14.5 Å². The molecule has 24 heavy (non-hydrogen) atoms. The van der Waals surface area contributed by atoms with E-state index in [1.165, 1.54) is 7.11 Å². The Hall–Kier alpha value is -2.89. The molecule has 0 fully saturated rings. The molecule has 0 saturated carbocycles. The lowest BCUT2D eigenvalue weighted by molar-refractivity contribution is -0.141. The number of nitrogens with zero attached hydrogens (tertiary/aromatic N) is 3.